The van der Waals surface area contributed by atoms with Crippen molar-refractivity contribution in [3.63, 3.8) is 0 Å². The minimum atomic E-state index is -1.06. The molecule has 0 unspecified atom stereocenters. The van der Waals surface area contributed by atoms with Crippen molar-refractivity contribution in [3.8, 4) is 11.4 Å². The second-order valence-electron chi connectivity index (χ2n) is 5.30. The molecule has 0 saturated heterocycles. The molecular formula is C16H17N3O3. The Labute approximate surface area is 128 Å². The average Bonchev–Trinajstić information content (AvgIpc) is 2.51. The summed E-state index contributed by atoms with van der Waals surface area (Å²) in [5.74, 6) is -0.123. The summed E-state index contributed by atoms with van der Waals surface area (Å²) in [5, 5.41) is 12.5. The molecule has 1 aromatic heterocycles. The van der Waals surface area contributed by atoms with Crippen molar-refractivity contribution in [3.05, 3.63) is 42.1 Å². The molecule has 1 aliphatic rings. The summed E-state index contributed by atoms with van der Waals surface area (Å²) in [7, 11) is 1.70. The second kappa shape index (κ2) is 6.11. The first-order valence-electron chi connectivity index (χ1n) is 7.13. The number of carbonyl (C=O) groups is 1. The molecule has 0 bridgehead atoms. The van der Waals surface area contributed by atoms with Crippen molar-refractivity contribution < 1.29 is 14.6 Å². The van der Waals surface area contributed by atoms with Gasteiger partial charge in [-0.15, -0.1) is 0 Å². The van der Waals surface area contributed by atoms with Crippen LogP contribution in [0.4, 0.5) is 5.82 Å². The Hall–Kier alpha value is -2.47. The van der Waals surface area contributed by atoms with Crippen LogP contribution in [0.3, 0.4) is 0 Å². The Bertz CT molecular complexity index is 670. The van der Waals surface area contributed by atoms with Gasteiger partial charge in [-0.2, -0.15) is 0 Å². The molecule has 1 aromatic carbocycles. The Morgan fingerprint density at radius 3 is 2.64 bits per heavy atom. The molecule has 0 amide bonds. The van der Waals surface area contributed by atoms with E-state index in [1.54, 1.807) is 7.11 Å². The van der Waals surface area contributed by atoms with E-state index >= 15 is 0 Å². The molecule has 3 rings (SSSR count). The van der Waals surface area contributed by atoms with E-state index in [9.17, 15) is 9.90 Å². The molecule has 6 heteroatoms. The molecule has 2 aromatic rings. The lowest BCUT2D eigenvalue weighted by Gasteiger charge is -2.34. The van der Waals surface area contributed by atoms with Gasteiger partial charge in [-0.25, -0.2) is 14.8 Å². The predicted octanol–water partition coefficient (Wildman–Crippen LogP) is 2.43. The monoisotopic (exact) mass is 299 g/mol. The number of anilines is 1. The van der Waals surface area contributed by atoms with Gasteiger partial charge in [0, 0.05) is 24.8 Å². The third-order valence-electron chi connectivity index (χ3n) is 3.76. The number of methoxy groups -OCH3 is 1. The summed E-state index contributed by atoms with van der Waals surface area (Å²) >= 11 is 0. The first-order valence-corrected chi connectivity index (χ1v) is 7.13. The number of carboxylic acid groups (broad SMARTS) is 1. The Kier molecular flexibility index (Phi) is 4.02. The van der Waals surface area contributed by atoms with Crippen LogP contribution < -0.4 is 5.32 Å². The van der Waals surface area contributed by atoms with Crippen LogP contribution in [-0.4, -0.2) is 40.3 Å². The van der Waals surface area contributed by atoms with Gasteiger partial charge in [-0.05, 0) is 12.8 Å². The molecular weight excluding hydrogens is 282 g/mol. The highest BCUT2D eigenvalue weighted by Gasteiger charge is 2.29. The van der Waals surface area contributed by atoms with E-state index in [4.69, 9.17) is 4.74 Å². The number of ether oxygens (including phenoxy) is 1. The molecule has 0 radical (unpaired) electrons. The van der Waals surface area contributed by atoms with E-state index in [-0.39, 0.29) is 17.8 Å². The second-order valence-corrected chi connectivity index (χ2v) is 5.30. The molecule has 2 N–H and O–H groups in total. The SMILES string of the molecule is CO[C@H]1C[C@@H](Nc2cc(C(=O)O)nc(-c3ccccc3)n2)C1. The zero-order valence-corrected chi connectivity index (χ0v) is 12.2. The first kappa shape index (κ1) is 14.5. The van der Waals surface area contributed by atoms with Crippen LogP contribution in [0.15, 0.2) is 36.4 Å². The summed E-state index contributed by atoms with van der Waals surface area (Å²) in [4.78, 5) is 19.8. The largest absolute Gasteiger partial charge is 0.477 e. The molecule has 1 fully saturated rings. The van der Waals surface area contributed by atoms with Gasteiger partial charge < -0.3 is 15.2 Å². The molecule has 22 heavy (non-hydrogen) atoms. The van der Waals surface area contributed by atoms with Crippen LogP contribution >= 0.6 is 0 Å². The normalized spacial score (nSPS) is 20.2. The fourth-order valence-corrected chi connectivity index (χ4v) is 2.43. The fourth-order valence-electron chi connectivity index (χ4n) is 2.43. The smallest absolute Gasteiger partial charge is 0.354 e. The number of nitrogens with zero attached hydrogens (tertiary/aromatic N) is 2. The number of hydrogen-bond donors (Lipinski definition) is 2. The molecule has 114 valence electrons. The van der Waals surface area contributed by atoms with Crippen LogP contribution in [0.1, 0.15) is 23.3 Å². The zero-order valence-electron chi connectivity index (χ0n) is 12.2. The van der Waals surface area contributed by atoms with E-state index in [0.717, 1.165) is 18.4 Å². The molecule has 0 aliphatic heterocycles. The zero-order chi connectivity index (χ0) is 15.5. The molecule has 6 nitrogen and oxygen atoms in total. The number of carboxylic acids is 1. The van der Waals surface area contributed by atoms with Crippen molar-refractivity contribution in [2.45, 2.75) is 25.0 Å². The van der Waals surface area contributed by atoms with Gasteiger partial charge >= 0.3 is 5.97 Å². The number of benzene rings is 1. The van der Waals surface area contributed by atoms with Gasteiger partial charge in [0.25, 0.3) is 0 Å². The minimum absolute atomic E-state index is 0.0148. The van der Waals surface area contributed by atoms with Crippen LogP contribution in [0, 0.1) is 0 Å². The first-order chi connectivity index (χ1) is 10.7. The fraction of sp³-hybridized carbons (Fsp3) is 0.312. The van der Waals surface area contributed by atoms with Crippen molar-refractivity contribution in [2.24, 2.45) is 0 Å². The maximum Gasteiger partial charge on any atom is 0.354 e. The molecule has 0 atom stereocenters. The third-order valence-corrected chi connectivity index (χ3v) is 3.76. The quantitative estimate of drug-likeness (QED) is 0.882. The maximum atomic E-state index is 11.3. The number of rotatable bonds is 5. The number of aromatic nitrogens is 2. The highest BCUT2D eigenvalue weighted by atomic mass is 16.5. The van der Waals surface area contributed by atoms with Crippen LogP contribution in [0.25, 0.3) is 11.4 Å². The average molecular weight is 299 g/mol. The van der Waals surface area contributed by atoms with Gasteiger partial charge in [-0.3, -0.25) is 0 Å². The molecule has 0 spiro atoms. The third kappa shape index (κ3) is 3.07. The summed E-state index contributed by atoms with van der Waals surface area (Å²) < 4.78 is 5.24. The Morgan fingerprint density at radius 2 is 2.00 bits per heavy atom. The lowest BCUT2D eigenvalue weighted by atomic mass is 9.89. The molecule has 1 aliphatic carbocycles. The van der Waals surface area contributed by atoms with Crippen LogP contribution in [-0.2, 0) is 4.74 Å². The predicted molar refractivity (Wildman–Crippen MR) is 81.9 cm³/mol. The van der Waals surface area contributed by atoms with Crippen molar-refractivity contribution in [2.75, 3.05) is 12.4 Å². The maximum absolute atomic E-state index is 11.3. The van der Waals surface area contributed by atoms with Gasteiger partial charge in [0.2, 0.25) is 0 Å². The van der Waals surface area contributed by atoms with Gasteiger partial charge in [0.05, 0.1) is 6.10 Å². The van der Waals surface area contributed by atoms with E-state index in [1.807, 2.05) is 30.3 Å². The van der Waals surface area contributed by atoms with Crippen LogP contribution in [0.2, 0.25) is 0 Å². The van der Waals surface area contributed by atoms with Gasteiger partial charge in [-0.1, -0.05) is 30.3 Å². The minimum Gasteiger partial charge on any atom is -0.477 e. The Balaban J connectivity index is 1.86. The molecule has 1 saturated carbocycles. The van der Waals surface area contributed by atoms with E-state index < -0.39 is 5.97 Å². The lowest BCUT2D eigenvalue weighted by molar-refractivity contribution is 0.0328. The van der Waals surface area contributed by atoms with Gasteiger partial charge in [0.15, 0.2) is 11.5 Å². The van der Waals surface area contributed by atoms with Crippen molar-refractivity contribution >= 4 is 11.8 Å². The van der Waals surface area contributed by atoms with Crippen molar-refractivity contribution in [1.29, 1.82) is 0 Å². The Morgan fingerprint density at radius 1 is 1.27 bits per heavy atom. The summed E-state index contributed by atoms with van der Waals surface area (Å²) in [6.45, 7) is 0. The van der Waals surface area contributed by atoms with E-state index in [0.29, 0.717) is 11.6 Å². The highest BCUT2D eigenvalue weighted by Crippen LogP contribution is 2.26. The number of hydrogen-bond acceptors (Lipinski definition) is 5. The highest BCUT2D eigenvalue weighted by molar-refractivity contribution is 5.87. The number of nitrogens with one attached hydrogen (secondary N) is 1. The lowest BCUT2D eigenvalue weighted by Crippen LogP contribution is -2.40. The van der Waals surface area contributed by atoms with E-state index in [2.05, 4.69) is 15.3 Å². The summed E-state index contributed by atoms with van der Waals surface area (Å²) in [5.41, 5.74) is 0.774. The van der Waals surface area contributed by atoms with Gasteiger partial charge in [0.1, 0.15) is 5.82 Å². The standard InChI is InChI=1S/C16H17N3O3/c1-22-12-7-11(8-12)17-14-9-13(16(20)21)18-15(19-14)10-5-3-2-4-6-10/h2-6,9,11-12H,7-8H2,1H3,(H,20,21)(H,17,18,19)/t11-,12+. The summed E-state index contributed by atoms with van der Waals surface area (Å²) in [6, 6.07) is 11.1. The number of aromatic carboxylic acids is 1. The molecule has 1 heterocycles. The summed E-state index contributed by atoms with van der Waals surface area (Å²) in [6.07, 6.45) is 2.06. The topological polar surface area (TPSA) is 84.3 Å². The van der Waals surface area contributed by atoms with Crippen molar-refractivity contribution in [1.82, 2.24) is 9.97 Å². The van der Waals surface area contributed by atoms with E-state index in [1.165, 1.54) is 6.07 Å². The van der Waals surface area contributed by atoms with Crippen LogP contribution in [0.5, 0.6) is 0 Å².